The van der Waals surface area contributed by atoms with Crippen LogP contribution in [0.4, 0.5) is 5.69 Å². The van der Waals surface area contributed by atoms with Crippen molar-refractivity contribution >= 4 is 39.3 Å². The number of carbonyl (C=O) groups is 2. The molecule has 0 radical (unpaired) electrons. The summed E-state index contributed by atoms with van der Waals surface area (Å²) in [5.74, 6) is -0.176. The predicted octanol–water partition coefficient (Wildman–Crippen LogP) is 2.06. The summed E-state index contributed by atoms with van der Waals surface area (Å²) in [6.45, 7) is 1.59. The van der Waals surface area contributed by atoms with Gasteiger partial charge in [0.05, 0.1) is 10.6 Å². The minimum Gasteiger partial charge on any atom is -0.455 e. The van der Waals surface area contributed by atoms with E-state index in [2.05, 4.69) is 5.32 Å². The zero-order valence-electron chi connectivity index (χ0n) is 14.7. The summed E-state index contributed by atoms with van der Waals surface area (Å²) in [6.07, 6.45) is 0. The number of hydrogen-bond acceptors (Lipinski definition) is 6. The number of thioether (sulfide) groups is 1. The van der Waals surface area contributed by atoms with E-state index in [1.807, 2.05) is 31.2 Å². The average molecular weight is 409 g/mol. The van der Waals surface area contributed by atoms with Crippen molar-refractivity contribution in [3.63, 3.8) is 0 Å². The molecule has 9 heteroatoms. The fraction of sp³-hybridized carbons (Fsp3) is 0.222. The average Bonchev–Trinajstić information content (AvgIpc) is 2.61. The van der Waals surface area contributed by atoms with Crippen LogP contribution < -0.4 is 10.5 Å². The Morgan fingerprint density at radius 1 is 1.07 bits per heavy atom. The standard InChI is InChI=1S/C18H20N2O5S2/c1-13-2-4-14(5-3-13)11-26-12-18(22)25-10-17(21)20-15-6-8-16(9-7-15)27(19,23)24/h2-9H,10-12H2,1H3,(H,20,21)(H2,19,23,24). The lowest BCUT2D eigenvalue weighted by Gasteiger charge is -2.07. The van der Waals surface area contributed by atoms with E-state index >= 15 is 0 Å². The van der Waals surface area contributed by atoms with Gasteiger partial charge in [0.1, 0.15) is 0 Å². The Hall–Kier alpha value is -2.36. The van der Waals surface area contributed by atoms with Crippen molar-refractivity contribution in [1.82, 2.24) is 0 Å². The summed E-state index contributed by atoms with van der Waals surface area (Å²) in [4.78, 5) is 23.4. The molecule has 0 aliphatic rings. The van der Waals surface area contributed by atoms with Gasteiger partial charge >= 0.3 is 5.97 Å². The summed E-state index contributed by atoms with van der Waals surface area (Å²) < 4.78 is 27.3. The molecule has 0 unspecified atom stereocenters. The smallest absolute Gasteiger partial charge is 0.316 e. The fourth-order valence-electron chi connectivity index (χ4n) is 2.05. The Bertz CT molecular complexity index is 894. The van der Waals surface area contributed by atoms with Gasteiger partial charge in [-0.2, -0.15) is 0 Å². The molecule has 7 nitrogen and oxygen atoms in total. The zero-order chi connectivity index (χ0) is 19.9. The van der Waals surface area contributed by atoms with E-state index in [0.29, 0.717) is 11.4 Å². The van der Waals surface area contributed by atoms with Crippen LogP contribution in [0.25, 0.3) is 0 Å². The van der Waals surface area contributed by atoms with Crippen molar-refractivity contribution in [3.05, 3.63) is 59.7 Å². The molecule has 0 spiro atoms. The lowest BCUT2D eigenvalue weighted by molar-refractivity contribution is -0.144. The highest BCUT2D eigenvalue weighted by atomic mass is 32.2. The first kappa shape index (κ1) is 20.9. The topological polar surface area (TPSA) is 116 Å². The minimum atomic E-state index is -3.79. The third kappa shape index (κ3) is 7.41. The number of amides is 1. The number of ether oxygens (including phenoxy) is 1. The van der Waals surface area contributed by atoms with E-state index in [9.17, 15) is 18.0 Å². The molecule has 0 atom stereocenters. The van der Waals surface area contributed by atoms with E-state index in [1.54, 1.807) is 0 Å². The van der Waals surface area contributed by atoms with Gasteiger partial charge < -0.3 is 10.1 Å². The number of aryl methyl sites for hydroxylation is 1. The van der Waals surface area contributed by atoms with Gasteiger partial charge in [0, 0.05) is 11.4 Å². The highest BCUT2D eigenvalue weighted by Gasteiger charge is 2.10. The molecule has 2 aromatic carbocycles. The van der Waals surface area contributed by atoms with Crippen LogP contribution in [0.3, 0.4) is 0 Å². The van der Waals surface area contributed by atoms with E-state index in [1.165, 1.54) is 41.6 Å². The van der Waals surface area contributed by atoms with Gasteiger partial charge in [-0.25, -0.2) is 13.6 Å². The third-order valence-electron chi connectivity index (χ3n) is 3.44. The third-order valence-corrected chi connectivity index (χ3v) is 5.35. The number of nitrogens with one attached hydrogen (secondary N) is 1. The van der Waals surface area contributed by atoms with Crippen LogP contribution in [0, 0.1) is 6.92 Å². The second-order valence-corrected chi connectivity index (χ2v) is 8.30. The van der Waals surface area contributed by atoms with Crippen LogP contribution in [-0.4, -0.2) is 32.7 Å². The number of hydrogen-bond donors (Lipinski definition) is 2. The van der Waals surface area contributed by atoms with Crippen LogP contribution in [0.5, 0.6) is 0 Å². The molecule has 0 aliphatic heterocycles. The largest absolute Gasteiger partial charge is 0.455 e. The molecule has 0 aromatic heterocycles. The molecule has 0 heterocycles. The van der Waals surface area contributed by atoms with Crippen molar-refractivity contribution in [2.75, 3.05) is 17.7 Å². The van der Waals surface area contributed by atoms with Crippen molar-refractivity contribution < 1.29 is 22.7 Å². The fourth-order valence-corrected chi connectivity index (χ4v) is 3.34. The van der Waals surface area contributed by atoms with Gasteiger partial charge in [-0.3, -0.25) is 9.59 Å². The maximum atomic E-state index is 11.8. The van der Waals surface area contributed by atoms with Gasteiger partial charge in [-0.05, 0) is 36.8 Å². The Morgan fingerprint density at radius 2 is 1.70 bits per heavy atom. The van der Waals surface area contributed by atoms with E-state index in [-0.39, 0.29) is 10.6 Å². The lowest BCUT2D eigenvalue weighted by atomic mass is 10.2. The molecule has 2 aromatic rings. The van der Waals surface area contributed by atoms with Gasteiger partial charge in [0.25, 0.3) is 5.91 Å². The molecular formula is C18H20N2O5S2. The number of nitrogens with two attached hydrogens (primary N) is 1. The summed E-state index contributed by atoms with van der Waals surface area (Å²) >= 11 is 1.40. The SMILES string of the molecule is Cc1ccc(CSCC(=O)OCC(=O)Nc2ccc(S(N)(=O)=O)cc2)cc1. The molecule has 3 N–H and O–H groups in total. The highest BCUT2D eigenvalue weighted by molar-refractivity contribution is 7.99. The predicted molar refractivity (Wildman–Crippen MR) is 105 cm³/mol. The lowest BCUT2D eigenvalue weighted by Crippen LogP contribution is -2.21. The van der Waals surface area contributed by atoms with Crippen LogP contribution in [0.1, 0.15) is 11.1 Å². The van der Waals surface area contributed by atoms with Crippen molar-refractivity contribution in [2.24, 2.45) is 5.14 Å². The van der Waals surface area contributed by atoms with Crippen LogP contribution in [0.2, 0.25) is 0 Å². The van der Waals surface area contributed by atoms with Crippen LogP contribution in [-0.2, 0) is 30.1 Å². The maximum Gasteiger partial charge on any atom is 0.316 e. The van der Waals surface area contributed by atoms with Crippen molar-refractivity contribution in [2.45, 2.75) is 17.6 Å². The maximum absolute atomic E-state index is 11.8. The number of carbonyl (C=O) groups excluding carboxylic acids is 2. The highest BCUT2D eigenvalue weighted by Crippen LogP contribution is 2.14. The van der Waals surface area contributed by atoms with Gasteiger partial charge in [-0.1, -0.05) is 29.8 Å². The minimum absolute atomic E-state index is 0.0578. The molecule has 0 aliphatic carbocycles. The van der Waals surface area contributed by atoms with Crippen LogP contribution >= 0.6 is 11.8 Å². The molecule has 0 saturated carbocycles. The Kier molecular flexibility index (Phi) is 7.40. The Labute approximate surface area is 162 Å². The summed E-state index contributed by atoms with van der Waals surface area (Å²) in [7, 11) is -3.79. The Morgan fingerprint density at radius 3 is 2.30 bits per heavy atom. The van der Waals surface area contributed by atoms with Crippen LogP contribution in [0.15, 0.2) is 53.4 Å². The van der Waals surface area contributed by atoms with Crippen molar-refractivity contribution in [3.8, 4) is 0 Å². The summed E-state index contributed by atoms with van der Waals surface area (Å²) in [5.41, 5.74) is 2.66. The van der Waals surface area contributed by atoms with E-state index in [0.717, 1.165) is 5.56 Å². The second kappa shape index (κ2) is 9.54. The van der Waals surface area contributed by atoms with E-state index < -0.39 is 28.5 Å². The number of sulfonamides is 1. The van der Waals surface area contributed by atoms with E-state index in [4.69, 9.17) is 9.88 Å². The first-order valence-corrected chi connectivity index (χ1v) is 10.7. The molecular weight excluding hydrogens is 388 g/mol. The van der Waals surface area contributed by atoms with Crippen molar-refractivity contribution in [1.29, 1.82) is 0 Å². The molecule has 27 heavy (non-hydrogen) atoms. The van der Waals surface area contributed by atoms with Gasteiger partial charge in [0.2, 0.25) is 10.0 Å². The molecule has 144 valence electrons. The number of benzene rings is 2. The monoisotopic (exact) mass is 408 g/mol. The number of rotatable bonds is 8. The van der Waals surface area contributed by atoms with Gasteiger partial charge in [0.15, 0.2) is 6.61 Å². The molecule has 2 rings (SSSR count). The normalized spacial score (nSPS) is 11.0. The van der Waals surface area contributed by atoms with Gasteiger partial charge in [-0.15, -0.1) is 11.8 Å². The number of anilines is 1. The zero-order valence-corrected chi connectivity index (χ0v) is 16.3. The summed E-state index contributed by atoms with van der Waals surface area (Å²) in [5, 5.41) is 7.50. The second-order valence-electron chi connectivity index (χ2n) is 5.76. The Balaban J connectivity index is 1.70. The molecule has 1 amide bonds. The first-order valence-electron chi connectivity index (χ1n) is 7.95. The summed E-state index contributed by atoms with van der Waals surface area (Å²) in [6, 6.07) is 13.4. The number of esters is 1. The molecule has 0 bridgehead atoms. The quantitative estimate of drug-likeness (QED) is 0.646. The molecule has 0 fully saturated rings. The number of primary sulfonamides is 1. The first-order chi connectivity index (χ1) is 12.7. The molecule has 0 saturated heterocycles.